The molecule has 6 nitrogen and oxygen atoms in total. The quantitative estimate of drug-likeness (QED) is 0.825. The number of nitrogen functional groups attached to an aromatic ring is 1. The predicted molar refractivity (Wildman–Crippen MR) is 82.7 cm³/mol. The molecule has 2 aromatic rings. The highest BCUT2D eigenvalue weighted by Gasteiger charge is 2.22. The Morgan fingerprint density at radius 1 is 1.33 bits per heavy atom. The summed E-state index contributed by atoms with van der Waals surface area (Å²) in [5.41, 5.74) is 8.83. The number of tetrazole rings is 1. The van der Waals surface area contributed by atoms with Gasteiger partial charge in [0.05, 0.1) is 6.54 Å². The van der Waals surface area contributed by atoms with Crippen LogP contribution in [0.5, 0.6) is 0 Å². The number of para-hydroxylation sites is 1. The Morgan fingerprint density at radius 3 is 2.81 bits per heavy atom. The van der Waals surface area contributed by atoms with Crippen molar-refractivity contribution in [1.29, 1.82) is 0 Å². The Balaban J connectivity index is 2.29. The van der Waals surface area contributed by atoms with Gasteiger partial charge in [-0.15, -0.1) is 5.10 Å². The van der Waals surface area contributed by atoms with Crippen LogP contribution >= 0.6 is 0 Å². The highest BCUT2D eigenvalue weighted by atomic mass is 16.5. The van der Waals surface area contributed by atoms with Gasteiger partial charge in [-0.3, -0.25) is 0 Å². The molecule has 0 spiro atoms. The van der Waals surface area contributed by atoms with E-state index in [1.54, 1.807) is 7.11 Å². The van der Waals surface area contributed by atoms with Crippen molar-refractivity contribution in [2.45, 2.75) is 33.7 Å². The van der Waals surface area contributed by atoms with Gasteiger partial charge in [0.2, 0.25) is 0 Å². The Kier molecular flexibility index (Phi) is 4.57. The Morgan fingerprint density at radius 2 is 2.10 bits per heavy atom. The first-order valence-corrected chi connectivity index (χ1v) is 7.05. The molecule has 1 aromatic heterocycles. The molecule has 0 saturated heterocycles. The van der Waals surface area contributed by atoms with E-state index in [2.05, 4.69) is 29.4 Å². The lowest BCUT2D eigenvalue weighted by Crippen LogP contribution is -2.23. The summed E-state index contributed by atoms with van der Waals surface area (Å²) >= 11 is 0. The van der Waals surface area contributed by atoms with Crippen LogP contribution in [0.3, 0.4) is 0 Å². The van der Waals surface area contributed by atoms with Gasteiger partial charge in [-0.25, -0.2) is 4.68 Å². The van der Waals surface area contributed by atoms with Gasteiger partial charge < -0.3 is 10.5 Å². The zero-order chi connectivity index (χ0) is 15.5. The molecule has 0 aliphatic rings. The molecule has 0 bridgehead atoms. The van der Waals surface area contributed by atoms with E-state index in [0.717, 1.165) is 29.8 Å². The second-order valence-corrected chi connectivity index (χ2v) is 6.10. The van der Waals surface area contributed by atoms with Gasteiger partial charge in [-0.2, -0.15) is 0 Å². The van der Waals surface area contributed by atoms with Crippen LogP contribution in [0.2, 0.25) is 0 Å². The summed E-state index contributed by atoms with van der Waals surface area (Å²) in [6.07, 6.45) is 0.937. The average Bonchev–Trinajstić information content (AvgIpc) is 2.87. The SMILES string of the molecule is COCCC(C)(C)Cn1nnnc1-c1cccc(C)c1N. The fourth-order valence-electron chi connectivity index (χ4n) is 2.24. The molecule has 2 N–H and O–H groups in total. The summed E-state index contributed by atoms with van der Waals surface area (Å²) < 4.78 is 6.99. The number of aromatic nitrogens is 4. The number of benzene rings is 1. The summed E-state index contributed by atoms with van der Waals surface area (Å²) in [6.45, 7) is 7.77. The molecule has 0 unspecified atom stereocenters. The minimum atomic E-state index is 0.0404. The number of ether oxygens (including phenoxy) is 1. The van der Waals surface area contributed by atoms with Crippen LogP contribution in [-0.4, -0.2) is 33.9 Å². The molecule has 0 fully saturated rings. The molecular weight excluding hydrogens is 266 g/mol. The van der Waals surface area contributed by atoms with Crippen molar-refractivity contribution in [1.82, 2.24) is 20.2 Å². The first-order valence-electron chi connectivity index (χ1n) is 7.05. The maximum Gasteiger partial charge on any atom is 0.184 e. The molecule has 2 rings (SSSR count). The second kappa shape index (κ2) is 6.22. The van der Waals surface area contributed by atoms with E-state index in [4.69, 9.17) is 10.5 Å². The van der Waals surface area contributed by atoms with E-state index in [1.807, 2.05) is 29.8 Å². The lowest BCUT2D eigenvalue weighted by molar-refractivity contribution is 0.140. The molecule has 1 aromatic carbocycles. The fourth-order valence-corrected chi connectivity index (χ4v) is 2.24. The number of hydrogen-bond donors (Lipinski definition) is 1. The van der Waals surface area contributed by atoms with Crippen LogP contribution in [-0.2, 0) is 11.3 Å². The number of nitrogens with two attached hydrogens (primary N) is 1. The topological polar surface area (TPSA) is 78.8 Å². The molecule has 0 aliphatic carbocycles. The molecule has 0 aliphatic heterocycles. The Hall–Kier alpha value is -1.95. The Bertz CT molecular complexity index is 606. The van der Waals surface area contributed by atoms with E-state index >= 15 is 0 Å². The van der Waals surface area contributed by atoms with Crippen LogP contribution in [0.4, 0.5) is 5.69 Å². The van der Waals surface area contributed by atoms with Gasteiger partial charge in [0.15, 0.2) is 5.82 Å². The smallest absolute Gasteiger partial charge is 0.184 e. The lowest BCUT2D eigenvalue weighted by atomic mass is 9.89. The lowest BCUT2D eigenvalue weighted by Gasteiger charge is -2.24. The van der Waals surface area contributed by atoms with Gasteiger partial charge in [-0.1, -0.05) is 26.0 Å². The third-order valence-corrected chi connectivity index (χ3v) is 3.66. The summed E-state index contributed by atoms with van der Waals surface area (Å²) in [5.74, 6) is 0.710. The van der Waals surface area contributed by atoms with Crippen LogP contribution in [0.15, 0.2) is 18.2 Å². The molecule has 6 heteroatoms. The van der Waals surface area contributed by atoms with Gasteiger partial charge in [0, 0.05) is 25.0 Å². The summed E-state index contributed by atoms with van der Waals surface area (Å²) in [7, 11) is 1.71. The molecule has 0 radical (unpaired) electrons. The second-order valence-electron chi connectivity index (χ2n) is 6.10. The fraction of sp³-hybridized carbons (Fsp3) is 0.533. The monoisotopic (exact) mass is 289 g/mol. The summed E-state index contributed by atoms with van der Waals surface area (Å²) in [5, 5.41) is 12.1. The normalized spacial score (nSPS) is 11.8. The maximum atomic E-state index is 6.16. The van der Waals surface area contributed by atoms with E-state index in [9.17, 15) is 0 Å². The summed E-state index contributed by atoms with van der Waals surface area (Å²) in [4.78, 5) is 0. The van der Waals surface area contributed by atoms with Crippen molar-refractivity contribution >= 4 is 5.69 Å². The van der Waals surface area contributed by atoms with E-state index in [-0.39, 0.29) is 5.41 Å². The first-order chi connectivity index (χ1) is 9.94. The number of anilines is 1. The van der Waals surface area contributed by atoms with Crippen molar-refractivity contribution < 1.29 is 4.74 Å². The van der Waals surface area contributed by atoms with Crippen molar-refractivity contribution in [3.8, 4) is 11.4 Å². The largest absolute Gasteiger partial charge is 0.398 e. The summed E-state index contributed by atoms with van der Waals surface area (Å²) in [6, 6.07) is 5.90. The van der Waals surface area contributed by atoms with E-state index in [1.165, 1.54) is 0 Å². The van der Waals surface area contributed by atoms with Crippen molar-refractivity contribution in [3.63, 3.8) is 0 Å². The zero-order valence-electron chi connectivity index (χ0n) is 13.1. The Labute approximate surface area is 125 Å². The highest BCUT2D eigenvalue weighted by molar-refractivity contribution is 5.73. The van der Waals surface area contributed by atoms with E-state index < -0.39 is 0 Å². The number of methoxy groups -OCH3 is 1. The van der Waals surface area contributed by atoms with Crippen molar-refractivity contribution in [3.05, 3.63) is 23.8 Å². The van der Waals surface area contributed by atoms with Crippen LogP contribution < -0.4 is 5.73 Å². The van der Waals surface area contributed by atoms with Crippen LogP contribution in [0.25, 0.3) is 11.4 Å². The number of aryl methyl sites for hydroxylation is 1. The number of hydrogen-bond acceptors (Lipinski definition) is 5. The highest BCUT2D eigenvalue weighted by Crippen LogP contribution is 2.29. The van der Waals surface area contributed by atoms with Gasteiger partial charge in [0.25, 0.3) is 0 Å². The van der Waals surface area contributed by atoms with Gasteiger partial charge in [0.1, 0.15) is 0 Å². The third kappa shape index (κ3) is 3.58. The minimum Gasteiger partial charge on any atom is -0.398 e. The van der Waals surface area contributed by atoms with Crippen molar-refractivity contribution in [2.75, 3.05) is 19.5 Å². The molecule has 0 amide bonds. The molecular formula is C15H23N5O. The standard InChI is InChI=1S/C15H23N5O/c1-11-6-5-7-12(13(11)16)14-17-18-19-20(14)10-15(2,3)8-9-21-4/h5-7H,8-10,16H2,1-4H3. The molecule has 114 valence electrons. The third-order valence-electron chi connectivity index (χ3n) is 3.66. The van der Waals surface area contributed by atoms with Gasteiger partial charge >= 0.3 is 0 Å². The molecule has 0 saturated carbocycles. The maximum absolute atomic E-state index is 6.16. The van der Waals surface area contributed by atoms with Crippen LogP contribution in [0, 0.1) is 12.3 Å². The van der Waals surface area contributed by atoms with E-state index in [0.29, 0.717) is 12.4 Å². The molecule has 0 atom stereocenters. The molecule has 21 heavy (non-hydrogen) atoms. The van der Waals surface area contributed by atoms with Crippen LogP contribution in [0.1, 0.15) is 25.8 Å². The predicted octanol–water partition coefficient (Wildman–Crippen LogP) is 2.29. The average molecular weight is 289 g/mol. The minimum absolute atomic E-state index is 0.0404. The number of rotatable bonds is 6. The first kappa shape index (κ1) is 15.4. The zero-order valence-corrected chi connectivity index (χ0v) is 13.1. The molecule has 1 heterocycles. The van der Waals surface area contributed by atoms with Crippen molar-refractivity contribution in [2.24, 2.45) is 5.41 Å². The number of nitrogens with zero attached hydrogens (tertiary/aromatic N) is 4. The van der Waals surface area contributed by atoms with Gasteiger partial charge in [-0.05, 0) is 40.8 Å².